The van der Waals surface area contributed by atoms with Gasteiger partial charge in [-0.2, -0.15) is 14.9 Å². The normalized spacial score (nSPS) is 11.0. The van der Waals surface area contributed by atoms with Crippen molar-refractivity contribution < 1.29 is 4.74 Å². The molecule has 132 valence electrons. The zero-order valence-corrected chi connectivity index (χ0v) is 15.6. The Balaban J connectivity index is 1.83. The van der Waals surface area contributed by atoms with Crippen LogP contribution in [-0.4, -0.2) is 21.1 Å². The lowest BCUT2D eigenvalue weighted by atomic mass is 10.2. The monoisotopic (exact) mass is 406 g/mol. The Morgan fingerprint density at radius 3 is 2.85 bits per heavy atom. The number of nitrogens with zero attached hydrogens (tertiary/aromatic N) is 3. The maximum absolute atomic E-state index is 11.8. The molecule has 1 heterocycles. The van der Waals surface area contributed by atoms with E-state index in [1.54, 1.807) is 30.3 Å². The molecule has 2 aromatic carbocycles. The summed E-state index contributed by atoms with van der Waals surface area (Å²) >= 11 is 17.1. The highest BCUT2D eigenvalue weighted by atomic mass is 35.5. The first kappa shape index (κ1) is 18.3. The van der Waals surface area contributed by atoms with Crippen LogP contribution in [0.15, 0.2) is 58.6 Å². The summed E-state index contributed by atoms with van der Waals surface area (Å²) < 4.78 is 6.97. The number of hydrogen-bond acceptors (Lipinski definition) is 5. The molecule has 0 aliphatic heterocycles. The molecule has 0 aliphatic carbocycles. The van der Waals surface area contributed by atoms with Crippen LogP contribution in [-0.2, 0) is 6.61 Å². The zero-order chi connectivity index (χ0) is 18.5. The summed E-state index contributed by atoms with van der Waals surface area (Å²) in [7, 11) is 0. The molecule has 0 saturated heterocycles. The predicted octanol–water partition coefficient (Wildman–Crippen LogP) is 4.07. The number of hydrogen-bond donors (Lipinski definition) is 1. The van der Waals surface area contributed by atoms with Crippen LogP contribution >= 0.6 is 35.4 Å². The molecule has 0 atom stereocenters. The fourth-order valence-electron chi connectivity index (χ4n) is 2.09. The van der Waals surface area contributed by atoms with Crippen LogP contribution < -0.4 is 10.3 Å². The van der Waals surface area contributed by atoms with Gasteiger partial charge in [-0.3, -0.25) is 9.89 Å². The van der Waals surface area contributed by atoms with Crippen molar-refractivity contribution in [2.24, 2.45) is 5.10 Å². The van der Waals surface area contributed by atoms with Gasteiger partial charge in [0.15, 0.2) is 0 Å². The number of nitrogens with one attached hydrogen (secondary N) is 1. The molecule has 3 aromatic rings. The topological polar surface area (TPSA) is 72.3 Å². The Kier molecular flexibility index (Phi) is 5.82. The lowest BCUT2D eigenvalue weighted by molar-refractivity contribution is 0.306. The number of halogens is 2. The quantitative estimate of drug-likeness (QED) is 0.511. The Morgan fingerprint density at radius 1 is 1.27 bits per heavy atom. The third-order valence-corrected chi connectivity index (χ3v) is 4.22. The summed E-state index contributed by atoms with van der Waals surface area (Å²) in [5.41, 5.74) is 1.04. The molecule has 0 aliphatic rings. The van der Waals surface area contributed by atoms with E-state index in [1.165, 1.54) is 6.21 Å². The highest BCUT2D eigenvalue weighted by molar-refractivity contribution is 7.71. The molecule has 1 aromatic heterocycles. The zero-order valence-electron chi connectivity index (χ0n) is 13.2. The molecular formula is C17H12Cl2N4O2S. The molecule has 3 rings (SSSR count). The lowest BCUT2D eigenvalue weighted by Gasteiger charge is -2.10. The van der Waals surface area contributed by atoms with Crippen molar-refractivity contribution in [2.45, 2.75) is 6.61 Å². The number of ether oxygens (including phenoxy) is 1. The number of benzene rings is 2. The number of aromatic nitrogens is 3. The van der Waals surface area contributed by atoms with E-state index in [2.05, 4.69) is 15.3 Å². The number of H-pyrrole nitrogens is 1. The van der Waals surface area contributed by atoms with Crippen LogP contribution in [0.2, 0.25) is 10.0 Å². The van der Waals surface area contributed by atoms with Crippen molar-refractivity contribution in [1.29, 1.82) is 0 Å². The molecule has 9 heteroatoms. The van der Waals surface area contributed by atoms with Gasteiger partial charge in [-0.1, -0.05) is 41.4 Å². The second kappa shape index (κ2) is 8.27. The van der Waals surface area contributed by atoms with Crippen molar-refractivity contribution in [3.8, 4) is 5.75 Å². The van der Waals surface area contributed by atoms with E-state index in [0.717, 1.165) is 16.4 Å². The van der Waals surface area contributed by atoms with Crippen LogP contribution in [0.4, 0.5) is 0 Å². The first-order chi connectivity index (χ1) is 12.5. The summed E-state index contributed by atoms with van der Waals surface area (Å²) in [6.45, 7) is 0.260. The van der Waals surface area contributed by atoms with Gasteiger partial charge in [0.25, 0.3) is 5.56 Å². The van der Waals surface area contributed by atoms with Crippen molar-refractivity contribution in [3.63, 3.8) is 0 Å². The van der Waals surface area contributed by atoms with Gasteiger partial charge in [0.2, 0.25) is 4.77 Å². The van der Waals surface area contributed by atoms with Crippen LogP contribution in [0, 0.1) is 4.77 Å². The molecule has 0 bridgehead atoms. The van der Waals surface area contributed by atoms with Gasteiger partial charge in [-0.25, -0.2) is 0 Å². The van der Waals surface area contributed by atoms with E-state index in [4.69, 9.17) is 40.2 Å². The summed E-state index contributed by atoms with van der Waals surface area (Å²) in [6, 6.07) is 12.5. The lowest BCUT2D eigenvalue weighted by Crippen LogP contribution is -2.18. The third-order valence-electron chi connectivity index (χ3n) is 3.37. The summed E-state index contributed by atoms with van der Waals surface area (Å²) in [5, 5.41) is 11.3. The smallest absolute Gasteiger partial charge is 0.293 e. The molecule has 0 spiro atoms. The Hall–Kier alpha value is -2.48. The van der Waals surface area contributed by atoms with Crippen molar-refractivity contribution >= 4 is 41.6 Å². The molecule has 0 saturated carbocycles. The first-order valence-electron chi connectivity index (χ1n) is 7.41. The average molecular weight is 407 g/mol. The number of aromatic amines is 1. The fourth-order valence-corrected chi connectivity index (χ4v) is 2.74. The van der Waals surface area contributed by atoms with E-state index >= 15 is 0 Å². The van der Waals surface area contributed by atoms with Crippen molar-refractivity contribution in [2.75, 3.05) is 0 Å². The minimum Gasteiger partial charge on any atom is -0.488 e. The Bertz CT molecular complexity index is 1050. The largest absolute Gasteiger partial charge is 0.488 e. The van der Waals surface area contributed by atoms with E-state index in [9.17, 15) is 4.79 Å². The number of para-hydroxylation sites is 1. The molecule has 1 N–H and O–H groups in total. The van der Waals surface area contributed by atoms with Crippen molar-refractivity contribution in [1.82, 2.24) is 14.9 Å². The van der Waals surface area contributed by atoms with E-state index in [0.29, 0.717) is 21.4 Å². The fraction of sp³-hybridized carbons (Fsp3) is 0.0588. The molecule has 0 amide bonds. The van der Waals surface area contributed by atoms with Crippen LogP contribution in [0.25, 0.3) is 0 Å². The van der Waals surface area contributed by atoms with Gasteiger partial charge in [0.05, 0.1) is 6.21 Å². The van der Waals surface area contributed by atoms with Gasteiger partial charge >= 0.3 is 0 Å². The third kappa shape index (κ3) is 4.37. The average Bonchev–Trinajstić information content (AvgIpc) is 2.61. The van der Waals surface area contributed by atoms with Gasteiger partial charge in [-0.15, -0.1) is 0 Å². The molecule has 26 heavy (non-hydrogen) atoms. The number of rotatable bonds is 5. The van der Waals surface area contributed by atoms with Gasteiger partial charge in [-0.05, 0) is 36.5 Å². The van der Waals surface area contributed by atoms with E-state index in [-0.39, 0.29) is 11.4 Å². The van der Waals surface area contributed by atoms with Crippen LogP contribution in [0.5, 0.6) is 5.75 Å². The Labute approximate surface area is 163 Å². The Morgan fingerprint density at radius 2 is 2.08 bits per heavy atom. The summed E-state index contributed by atoms with van der Waals surface area (Å²) in [4.78, 5) is 11.8. The minimum atomic E-state index is -0.434. The minimum absolute atomic E-state index is 0.0973. The standard InChI is InChI=1S/C17H12Cl2N4O2S/c18-13-6-5-12(14(19)7-13)10-25-15-4-2-1-3-11(15)8-21-23-16(24)9-20-22-17(23)26/h1-9H,10H2,(H,22,26)/b21-8+. The summed E-state index contributed by atoms with van der Waals surface area (Å²) in [6.07, 6.45) is 2.59. The molecular weight excluding hydrogens is 395 g/mol. The van der Waals surface area contributed by atoms with Gasteiger partial charge < -0.3 is 4.74 Å². The van der Waals surface area contributed by atoms with E-state index < -0.39 is 5.56 Å². The molecule has 6 nitrogen and oxygen atoms in total. The highest BCUT2D eigenvalue weighted by Crippen LogP contribution is 2.23. The SMILES string of the molecule is O=c1cn[nH]c(=S)n1/N=C/c1ccccc1OCc1ccc(Cl)cc1Cl. The van der Waals surface area contributed by atoms with Crippen LogP contribution in [0.3, 0.4) is 0 Å². The van der Waals surface area contributed by atoms with E-state index in [1.807, 2.05) is 12.1 Å². The second-order valence-corrected chi connectivity index (χ2v) is 6.36. The highest BCUT2D eigenvalue weighted by Gasteiger charge is 2.05. The molecule has 0 unspecified atom stereocenters. The van der Waals surface area contributed by atoms with Crippen LogP contribution in [0.1, 0.15) is 11.1 Å². The molecule has 0 radical (unpaired) electrons. The van der Waals surface area contributed by atoms with Gasteiger partial charge in [0.1, 0.15) is 18.6 Å². The maximum Gasteiger partial charge on any atom is 0.293 e. The second-order valence-electron chi connectivity index (χ2n) is 5.13. The molecule has 0 fully saturated rings. The first-order valence-corrected chi connectivity index (χ1v) is 8.58. The van der Waals surface area contributed by atoms with Crippen molar-refractivity contribution in [3.05, 3.63) is 85.0 Å². The van der Waals surface area contributed by atoms with Gasteiger partial charge in [0, 0.05) is 21.2 Å². The maximum atomic E-state index is 11.8. The summed E-state index contributed by atoms with van der Waals surface area (Å²) in [5.74, 6) is 0.583. The predicted molar refractivity (Wildman–Crippen MR) is 104 cm³/mol.